The summed E-state index contributed by atoms with van der Waals surface area (Å²) in [5.41, 5.74) is 5.54. The van der Waals surface area contributed by atoms with Crippen LogP contribution in [0.25, 0.3) is 6.08 Å². The second-order valence-electron chi connectivity index (χ2n) is 9.44. The van der Waals surface area contributed by atoms with Crippen LogP contribution >= 0.6 is 11.6 Å². The molecule has 3 aromatic rings. The highest BCUT2D eigenvalue weighted by Gasteiger charge is 2.46. The number of aryl methyl sites for hydroxylation is 1. The van der Waals surface area contributed by atoms with Crippen molar-refractivity contribution in [1.29, 1.82) is 0 Å². The minimum absolute atomic E-state index is 0.00662. The quantitative estimate of drug-likeness (QED) is 0.457. The molecule has 0 atom stereocenters. The Morgan fingerprint density at radius 1 is 1.03 bits per heavy atom. The summed E-state index contributed by atoms with van der Waals surface area (Å²) in [5, 5.41) is 3.65. The van der Waals surface area contributed by atoms with Gasteiger partial charge in [0.15, 0.2) is 0 Å². The van der Waals surface area contributed by atoms with E-state index in [-0.39, 0.29) is 11.4 Å². The van der Waals surface area contributed by atoms with Crippen molar-refractivity contribution in [2.45, 2.75) is 25.2 Å². The Morgan fingerprint density at radius 2 is 1.82 bits per heavy atom. The fourth-order valence-corrected chi connectivity index (χ4v) is 5.40. The zero-order valence-corrected chi connectivity index (χ0v) is 20.3. The lowest BCUT2D eigenvalue weighted by atomic mass is 9.74. The maximum atomic E-state index is 13.3. The smallest absolute Gasteiger partial charge is 0.307 e. The van der Waals surface area contributed by atoms with E-state index in [0.29, 0.717) is 17.3 Å². The highest BCUT2D eigenvalue weighted by Crippen LogP contribution is 2.47. The first-order chi connectivity index (χ1) is 16.5. The van der Waals surface area contributed by atoms with Crippen molar-refractivity contribution in [2.24, 2.45) is 0 Å². The van der Waals surface area contributed by atoms with E-state index in [1.807, 2.05) is 29.2 Å². The van der Waals surface area contributed by atoms with Gasteiger partial charge in [0.25, 0.3) is 0 Å². The highest BCUT2D eigenvalue weighted by molar-refractivity contribution is 6.30. The monoisotopic (exact) mass is 471 g/mol. The Labute approximate surface area is 206 Å². The molecule has 3 aromatic carbocycles. The number of rotatable bonds is 4. The van der Waals surface area contributed by atoms with Gasteiger partial charge in [-0.1, -0.05) is 77.8 Å². The summed E-state index contributed by atoms with van der Waals surface area (Å²) in [6.07, 6.45) is 6.54. The third-order valence-corrected chi connectivity index (χ3v) is 7.32. The number of hydrogen-bond donors (Lipinski definition) is 1. The average Bonchev–Trinajstić information content (AvgIpc) is 3.14. The van der Waals surface area contributed by atoms with Crippen LogP contribution in [0, 0.1) is 6.92 Å². The summed E-state index contributed by atoms with van der Waals surface area (Å²) in [6.45, 7) is 5.84. The molecule has 5 heteroatoms. The van der Waals surface area contributed by atoms with Gasteiger partial charge in [-0.2, -0.15) is 0 Å². The van der Waals surface area contributed by atoms with E-state index in [1.165, 1.54) is 16.7 Å². The van der Waals surface area contributed by atoms with Crippen molar-refractivity contribution in [1.82, 2.24) is 4.90 Å². The topological polar surface area (TPSA) is 35.6 Å². The number of piperidine rings is 1. The van der Waals surface area contributed by atoms with Crippen LogP contribution in [0.4, 0.5) is 16.2 Å². The van der Waals surface area contributed by atoms with Crippen LogP contribution in [-0.4, -0.2) is 37.1 Å². The molecule has 0 radical (unpaired) electrons. The van der Waals surface area contributed by atoms with Crippen molar-refractivity contribution >= 4 is 35.1 Å². The lowest BCUT2D eigenvalue weighted by molar-refractivity contribution is 0.180. The minimum Gasteiger partial charge on any atom is -0.307 e. The molecule has 0 aromatic heterocycles. The predicted octanol–water partition coefficient (Wildman–Crippen LogP) is 6.75. The van der Waals surface area contributed by atoms with Gasteiger partial charge in [0.1, 0.15) is 0 Å². The standard InChI is InChI=1S/C29H30ClN3O/c1-22-12-13-27-26(19-22)29(21-33(27)28(34)31-25-11-5-10-24(30)20-25)14-17-32(18-15-29)16-6-9-23-7-3-2-4-8-23/h2-13,19-20H,14-18,21H2,1H3,(H,31,34). The van der Waals surface area contributed by atoms with Crippen molar-refractivity contribution in [3.63, 3.8) is 0 Å². The van der Waals surface area contributed by atoms with Crippen LogP contribution in [0.1, 0.15) is 29.5 Å². The largest absolute Gasteiger partial charge is 0.326 e. The lowest BCUT2D eigenvalue weighted by Gasteiger charge is -2.39. The molecule has 2 amide bonds. The van der Waals surface area contributed by atoms with E-state index in [2.05, 4.69) is 71.8 Å². The number of amides is 2. The number of hydrogen-bond acceptors (Lipinski definition) is 2. The number of anilines is 2. The average molecular weight is 472 g/mol. The molecule has 1 fully saturated rings. The normalized spacial score (nSPS) is 17.3. The molecule has 2 aliphatic rings. The van der Waals surface area contributed by atoms with Crippen molar-refractivity contribution < 1.29 is 4.79 Å². The Kier molecular flexibility index (Phi) is 6.44. The first kappa shape index (κ1) is 22.7. The van der Waals surface area contributed by atoms with Crippen LogP contribution < -0.4 is 10.2 Å². The number of urea groups is 1. The Balaban J connectivity index is 1.29. The van der Waals surface area contributed by atoms with Gasteiger partial charge in [-0.3, -0.25) is 9.80 Å². The lowest BCUT2D eigenvalue weighted by Crippen LogP contribution is -2.46. The minimum atomic E-state index is -0.0996. The molecule has 0 aliphatic carbocycles. The number of carbonyl (C=O) groups excluding carboxylic acids is 1. The Morgan fingerprint density at radius 3 is 2.59 bits per heavy atom. The van der Waals surface area contributed by atoms with Gasteiger partial charge < -0.3 is 5.32 Å². The maximum Gasteiger partial charge on any atom is 0.326 e. The number of benzene rings is 3. The summed E-state index contributed by atoms with van der Waals surface area (Å²) >= 11 is 6.11. The van der Waals surface area contributed by atoms with Crippen LogP contribution in [0.3, 0.4) is 0 Å². The number of likely N-dealkylation sites (tertiary alicyclic amines) is 1. The molecule has 2 aliphatic heterocycles. The Hall–Kier alpha value is -3.08. The van der Waals surface area contributed by atoms with Gasteiger partial charge in [0.05, 0.1) is 0 Å². The summed E-state index contributed by atoms with van der Waals surface area (Å²) in [7, 11) is 0. The third kappa shape index (κ3) is 4.75. The van der Waals surface area contributed by atoms with Gasteiger partial charge >= 0.3 is 6.03 Å². The second-order valence-corrected chi connectivity index (χ2v) is 9.88. The van der Waals surface area contributed by atoms with Gasteiger partial charge in [-0.05, 0) is 68.2 Å². The number of fused-ring (bicyclic) bond motifs is 2. The second kappa shape index (κ2) is 9.65. The molecule has 1 N–H and O–H groups in total. The molecule has 1 spiro atoms. The van der Waals surface area contributed by atoms with E-state index in [4.69, 9.17) is 11.6 Å². The van der Waals surface area contributed by atoms with Crippen LogP contribution in [0.5, 0.6) is 0 Å². The van der Waals surface area contributed by atoms with E-state index in [9.17, 15) is 4.79 Å². The van der Waals surface area contributed by atoms with E-state index >= 15 is 0 Å². The molecule has 174 valence electrons. The maximum absolute atomic E-state index is 13.3. The molecular formula is C29H30ClN3O. The highest BCUT2D eigenvalue weighted by atomic mass is 35.5. The molecule has 0 bridgehead atoms. The molecule has 34 heavy (non-hydrogen) atoms. The zero-order valence-electron chi connectivity index (χ0n) is 19.5. The number of halogens is 1. The van der Waals surface area contributed by atoms with Gasteiger partial charge in [-0.25, -0.2) is 4.79 Å². The molecule has 5 rings (SSSR count). The molecule has 4 nitrogen and oxygen atoms in total. The molecular weight excluding hydrogens is 442 g/mol. The van der Waals surface area contributed by atoms with E-state index < -0.39 is 0 Å². The van der Waals surface area contributed by atoms with Gasteiger partial charge in [0.2, 0.25) is 0 Å². The van der Waals surface area contributed by atoms with E-state index in [1.54, 1.807) is 6.07 Å². The third-order valence-electron chi connectivity index (χ3n) is 7.08. The SMILES string of the molecule is Cc1ccc2c(c1)C1(CCN(CC=Cc3ccccc3)CC1)CN2C(=O)Nc1cccc(Cl)c1. The molecule has 1 saturated heterocycles. The summed E-state index contributed by atoms with van der Waals surface area (Å²) in [6, 6.07) is 24.1. The van der Waals surface area contributed by atoms with Crippen LogP contribution in [0.2, 0.25) is 5.02 Å². The molecule has 0 unspecified atom stereocenters. The Bertz CT molecular complexity index is 1200. The summed E-state index contributed by atoms with van der Waals surface area (Å²) < 4.78 is 0. The number of nitrogens with one attached hydrogen (secondary N) is 1. The molecule has 2 heterocycles. The first-order valence-corrected chi connectivity index (χ1v) is 12.3. The number of carbonyl (C=O) groups is 1. The summed E-state index contributed by atoms with van der Waals surface area (Å²) in [5.74, 6) is 0. The van der Waals surface area contributed by atoms with E-state index in [0.717, 1.165) is 38.2 Å². The van der Waals surface area contributed by atoms with Gasteiger partial charge in [0, 0.05) is 34.9 Å². The fourth-order valence-electron chi connectivity index (χ4n) is 5.21. The van der Waals surface area contributed by atoms with Crippen molar-refractivity contribution in [2.75, 3.05) is 36.4 Å². The van der Waals surface area contributed by atoms with Gasteiger partial charge in [-0.15, -0.1) is 0 Å². The molecule has 0 saturated carbocycles. The number of nitrogens with zero attached hydrogens (tertiary/aromatic N) is 2. The predicted molar refractivity (Wildman–Crippen MR) is 142 cm³/mol. The fraction of sp³-hybridized carbons (Fsp3) is 0.276. The summed E-state index contributed by atoms with van der Waals surface area (Å²) in [4.78, 5) is 17.7. The van der Waals surface area contributed by atoms with Crippen LogP contribution in [-0.2, 0) is 5.41 Å². The first-order valence-electron chi connectivity index (χ1n) is 11.9. The van der Waals surface area contributed by atoms with Crippen molar-refractivity contribution in [3.8, 4) is 0 Å². The van der Waals surface area contributed by atoms with Crippen LogP contribution in [0.15, 0.2) is 78.9 Å². The zero-order chi connectivity index (χ0) is 23.5. The van der Waals surface area contributed by atoms with Crippen molar-refractivity contribution in [3.05, 3.63) is 101 Å².